The lowest BCUT2D eigenvalue weighted by molar-refractivity contribution is -0.153. The van der Waals surface area contributed by atoms with Gasteiger partial charge in [0.25, 0.3) is 0 Å². The molecule has 1 aliphatic heterocycles. The van der Waals surface area contributed by atoms with Crippen LogP contribution in [0.25, 0.3) is 0 Å². The molecule has 0 aromatic carbocycles. The van der Waals surface area contributed by atoms with Crippen molar-refractivity contribution in [2.24, 2.45) is 0 Å². The average Bonchev–Trinajstić information content (AvgIpc) is 2.67. The summed E-state index contributed by atoms with van der Waals surface area (Å²) < 4.78 is 41.6. The maximum absolute atomic E-state index is 12.3. The molecule has 2 heterocycles. The number of hydrogen-bond donors (Lipinski definition) is 0. The van der Waals surface area contributed by atoms with Crippen molar-refractivity contribution in [2.45, 2.75) is 32.0 Å². The van der Waals surface area contributed by atoms with Gasteiger partial charge < -0.3 is 4.42 Å². The van der Waals surface area contributed by atoms with Crippen molar-refractivity contribution in [2.75, 3.05) is 13.1 Å². The highest BCUT2D eigenvalue weighted by molar-refractivity contribution is 5.09. The standard InChI is InChI=1S/C11H14F3NO/c12-11(13,14)10-5-4-9(16-10)8-15-6-2-1-3-7-15/h4-5H,1-3,6-8H2. The Hall–Kier alpha value is -0.970. The Morgan fingerprint density at radius 3 is 2.38 bits per heavy atom. The summed E-state index contributed by atoms with van der Waals surface area (Å²) in [7, 11) is 0. The molecule has 5 heteroatoms. The number of alkyl halides is 3. The summed E-state index contributed by atoms with van der Waals surface area (Å²) in [5.74, 6) is -0.506. The summed E-state index contributed by atoms with van der Waals surface area (Å²) in [5.41, 5.74) is 0. The van der Waals surface area contributed by atoms with Crippen molar-refractivity contribution < 1.29 is 17.6 Å². The molecule has 2 rings (SSSR count). The molecule has 0 saturated carbocycles. The summed E-state index contributed by atoms with van der Waals surface area (Å²) >= 11 is 0. The van der Waals surface area contributed by atoms with Gasteiger partial charge in [-0.25, -0.2) is 0 Å². The minimum atomic E-state index is -4.37. The molecule has 90 valence electrons. The van der Waals surface area contributed by atoms with Gasteiger partial charge in [-0.15, -0.1) is 0 Å². The van der Waals surface area contributed by atoms with Crippen molar-refractivity contribution in [1.29, 1.82) is 0 Å². The van der Waals surface area contributed by atoms with E-state index in [2.05, 4.69) is 4.90 Å². The van der Waals surface area contributed by atoms with Gasteiger partial charge in [-0.1, -0.05) is 6.42 Å². The lowest BCUT2D eigenvalue weighted by atomic mass is 10.1. The van der Waals surface area contributed by atoms with Crippen LogP contribution in [0.2, 0.25) is 0 Å². The third kappa shape index (κ3) is 2.78. The SMILES string of the molecule is FC(F)(F)c1ccc(CN2CCCCC2)o1. The molecule has 1 aliphatic rings. The molecule has 1 fully saturated rings. The van der Waals surface area contributed by atoms with Crippen molar-refractivity contribution in [3.63, 3.8) is 0 Å². The first-order chi connectivity index (χ1) is 7.55. The van der Waals surface area contributed by atoms with Crippen LogP contribution >= 0.6 is 0 Å². The monoisotopic (exact) mass is 233 g/mol. The molecule has 1 aromatic rings. The molecule has 0 bridgehead atoms. The number of halogens is 3. The van der Waals surface area contributed by atoms with Crippen LogP contribution in [-0.4, -0.2) is 18.0 Å². The van der Waals surface area contributed by atoms with E-state index in [1.165, 1.54) is 12.5 Å². The van der Waals surface area contributed by atoms with E-state index in [1.807, 2.05) is 0 Å². The smallest absolute Gasteiger partial charge is 0.449 e. The topological polar surface area (TPSA) is 16.4 Å². The second-order valence-corrected chi connectivity index (χ2v) is 4.10. The van der Waals surface area contributed by atoms with Gasteiger partial charge in [0.05, 0.1) is 6.54 Å². The highest BCUT2D eigenvalue weighted by Crippen LogP contribution is 2.31. The van der Waals surface area contributed by atoms with Crippen LogP contribution in [-0.2, 0) is 12.7 Å². The molecular formula is C11H14F3NO. The van der Waals surface area contributed by atoms with E-state index in [0.29, 0.717) is 12.3 Å². The number of nitrogens with zero attached hydrogens (tertiary/aromatic N) is 1. The highest BCUT2D eigenvalue weighted by Gasteiger charge is 2.34. The first kappa shape index (κ1) is 11.5. The van der Waals surface area contributed by atoms with Crippen LogP contribution in [0.15, 0.2) is 16.5 Å². The summed E-state index contributed by atoms with van der Waals surface area (Å²) in [4.78, 5) is 2.13. The summed E-state index contributed by atoms with van der Waals surface area (Å²) in [6, 6.07) is 2.41. The zero-order valence-corrected chi connectivity index (χ0v) is 8.89. The Kier molecular flexibility index (Phi) is 3.23. The van der Waals surface area contributed by atoms with Crippen LogP contribution in [0.3, 0.4) is 0 Å². The highest BCUT2D eigenvalue weighted by atomic mass is 19.4. The number of piperidine rings is 1. The molecule has 2 nitrogen and oxygen atoms in total. The van der Waals surface area contributed by atoms with Crippen molar-refractivity contribution in [3.05, 3.63) is 23.7 Å². The second kappa shape index (κ2) is 4.49. The van der Waals surface area contributed by atoms with E-state index in [0.717, 1.165) is 32.0 Å². The minimum absolute atomic E-state index is 0.397. The Morgan fingerprint density at radius 1 is 1.12 bits per heavy atom. The van der Waals surface area contributed by atoms with Gasteiger partial charge in [0.15, 0.2) is 0 Å². The van der Waals surface area contributed by atoms with Gasteiger partial charge >= 0.3 is 6.18 Å². The fraction of sp³-hybridized carbons (Fsp3) is 0.636. The quantitative estimate of drug-likeness (QED) is 0.779. The molecule has 1 saturated heterocycles. The molecule has 0 spiro atoms. The average molecular weight is 233 g/mol. The Labute approximate surface area is 92.0 Å². The number of hydrogen-bond acceptors (Lipinski definition) is 2. The van der Waals surface area contributed by atoms with Gasteiger partial charge in [-0.2, -0.15) is 13.2 Å². The van der Waals surface area contributed by atoms with Gasteiger partial charge in [-0.05, 0) is 38.1 Å². The van der Waals surface area contributed by atoms with E-state index in [1.54, 1.807) is 0 Å². The van der Waals surface area contributed by atoms with Gasteiger partial charge in [0.1, 0.15) is 5.76 Å². The fourth-order valence-corrected chi connectivity index (χ4v) is 1.95. The third-order valence-corrected chi connectivity index (χ3v) is 2.77. The molecule has 0 amide bonds. The van der Waals surface area contributed by atoms with Crippen LogP contribution in [0.5, 0.6) is 0 Å². The minimum Gasteiger partial charge on any atom is -0.455 e. The summed E-state index contributed by atoms with van der Waals surface area (Å²) in [6.07, 6.45) is -0.928. The van der Waals surface area contributed by atoms with Crippen LogP contribution in [0, 0.1) is 0 Å². The predicted molar refractivity (Wildman–Crippen MR) is 52.8 cm³/mol. The molecule has 0 atom stereocenters. The van der Waals surface area contributed by atoms with E-state index < -0.39 is 11.9 Å². The fourth-order valence-electron chi connectivity index (χ4n) is 1.95. The van der Waals surface area contributed by atoms with Gasteiger partial charge in [0.2, 0.25) is 5.76 Å². The van der Waals surface area contributed by atoms with Crippen molar-refractivity contribution in [1.82, 2.24) is 4.90 Å². The van der Waals surface area contributed by atoms with Crippen LogP contribution in [0.4, 0.5) is 13.2 Å². The Bertz CT molecular complexity index is 339. The maximum atomic E-state index is 12.3. The lowest BCUT2D eigenvalue weighted by Gasteiger charge is -2.25. The largest absolute Gasteiger partial charge is 0.455 e. The van der Waals surface area contributed by atoms with Crippen LogP contribution in [0.1, 0.15) is 30.8 Å². The molecule has 1 aromatic heterocycles. The number of likely N-dealkylation sites (tertiary alicyclic amines) is 1. The maximum Gasteiger partial charge on any atom is 0.449 e. The molecular weight excluding hydrogens is 219 g/mol. The zero-order valence-electron chi connectivity index (χ0n) is 8.89. The molecule has 0 unspecified atom stereocenters. The van der Waals surface area contributed by atoms with E-state index >= 15 is 0 Å². The molecule has 0 radical (unpaired) electrons. The summed E-state index contributed by atoms with van der Waals surface area (Å²) in [5, 5.41) is 0. The second-order valence-electron chi connectivity index (χ2n) is 4.10. The van der Waals surface area contributed by atoms with E-state index in [4.69, 9.17) is 4.42 Å². The van der Waals surface area contributed by atoms with E-state index in [-0.39, 0.29) is 0 Å². The predicted octanol–water partition coefficient (Wildman–Crippen LogP) is 3.28. The first-order valence-electron chi connectivity index (χ1n) is 5.44. The summed E-state index contributed by atoms with van der Waals surface area (Å²) in [6.45, 7) is 2.38. The van der Waals surface area contributed by atoms with Gasteiger partial charge in [-0.3, -0.25) is 4.90 Å². The number of rotatable bonds is 2. The lowest BCUT2D eigenvalue weighted by Crippen LogP contribution is -2.28. The zero-order chi connectivity index (χ0) is 11.6. The molecule has 0 N–H and O–H groups in total. The third-order valence-electron chi connectivity index (χ3n) is 2.77. The Balaban J connectivity index is 1.97. The molecule has 16 heavy (non-hydrogen) atoms. The van der Waals surface area contributed by atoms with Gasteiger partial charge in [0, 0.05) is 0 Å². The number of furan rings is 1. The Morgan fingerprint density at radius 2 is 1.81 bits per heavy atom. The van der Waals surface area contributed by atoms with Crippen LogP contribution < -0.4 is 0 Å². The van der Waals surface area contributed by atoms with E-state index in [9.17, 15) is 13.2 Å². The first-order valence-corrected chi connectivity index (χ1v) is 5.44. The van der Waals surface area contributed by atoms with Crippen molar-refractivity contribution >= 4 is 0 Å². The normalized spacial score (nSPS) is 18.9. The molecule has 0 aliphatic carbocycles. The van der Waals surface area contributed by atoms with Crippen molar-refractivity contribution in [3.8, 4) is 0 Å².